The standard InChI is InChI=1S/C28H38.C2H6/c1-9-11-12-22-15-21(10-2)16-23(17-22)13-14-24-18-25(27(3,4)5)20-26(19-24)28(6,7)8;1-2/h2,15-20H,9,11-14H2,1,3-8H3;1-2H3. The lowest BCUT2D eigenvalue weighted by atomic mass is 9.79. The van der Waals surface area contributed by atoms with E-state index in [2.05, 4.69) is 90.8 Å². The van der Waals surface area contributed by atoms with Gasteiger partial charge in [-0.05, 0) is 76.5 Å². The zero-order valence-electron chi connectivity index (χ0n) is 21.1. The minimum absolute atomic E-state index is 0.159. The number of hydrogen-bond donors (Lipinski definition) is 0. The first-order chi connectivity index (χ1) is 14.0. The summed E-state index contributed by atoms with van der Waals surface area (Å²) in [5.41, 5.74) is 8.36. The van der Waals surface area contributed by atoms with Crippen molar-refractivity contribution in [3.05, 3.63) is 69.8 Å². The highest BCUT2D eigenvalue weighted by Gasteiger charge is 2.20. The Morgan fingerprint density at radius 2 is 1.10 bits per heavy atom. The second kappa shape index (κ2) is 11.4. The van der Waals surface area contributed by atoms with E-state index in [1.54, 1.807) is 0 Å². The van der Waals surface area contributed by atoms with Crippen LogP contribution in [0.15, 0.2) is 36.4 Å². The van der Waals surface area contributed by atoms with Crippen molar-refractivity contribution in [1.29, 1.82) is 0 Å². The Kier molecular flexibility index (Phi) is 9.90. The number of rotatable bonds is 6. The molecule has 0 N–H and O–H groups in total. The molecule has 0 unspecified atom stereocenters. The Hall–Kier alpha value is -2.00. The molecular formula is C30H44. The fourth-order valence-corrected chi connectivity index (χ4v) is 3.51. The lowest BCUT2D eigenvalue weighted by Crippen LogP contribution is -2.17. The van der Waals surface area contributed by atoms with E-state index in [1.165, 1.54) is 40.7 Å². The molecule has 0 spiro atoms. The lowest BCUT2D eigenvalue weighted by molar-refractivity contribution is 0.566. The molecule has 164 valence electrons. The second-order valence-electron chi connectivity index (χ2n) is 10.2. The summed E-state index contributed by atoms with van der Waals surface area (Å²) < 4.78 is 0. The van der Waals surface area contributed by atoms with E-state index in [1.807, 2.05) is 13.8 Å². The van der Waals surface area contributed by atoms with Crippen molar-refractivity contribution in [2.75, 3.05) is 0 Å². The Morgan fingerprint density at radius 1 is 0.667 bits per heavy atom. The molecule has 0 atom stereocenters. The summed E-state index contributed by atoms with van der Waals surface area (Å²) in [6, 6.07) is 13.9. The number of benzene rings is 2. The molecule has 30 heavy (non-hydrogen) atoms. The van der Waals surface area contributed by atoms with Crippen LogP contribution in [0.25, 0.3) is 0 Å². The average Bonchev–Trinajstić information content (AvgIpc) is 2.70. The summed E-state index contributed by atoms with van der Waals surface area (Å²) in [7, 11) is 0. The van der Waals surface area contributed by atoms with Crippen LogP contribution in [-0.4, -0.2) is 0 Å². The molecule has 0 fully saturated rings. The normalized spacial score (nSPS) is 11.5. The van der Waals surface area contributed by atoms with Crippen LogP contribution in [0.4, 0.5) is 0 Å². The third-order valence-corrected chi connectivity index (χ3v) is 5.47. The molecule has 0 heterocycles. The van der Waals surface area contributed by atoms with Crippen LogP contribution >= 0.6 is 0 Å². The number of aryl methyl sites for hydroxylation is 3. The molecule has 0 aliphatic rings. The van der Waals surface area contributed by atoms with Crippen LogP contribution in [0.1, 0.15) is 109 Å². The van der Waals surface area contributed by atoms with Crippen molar-refractivity contribution in [2.45, 2.75) is 105 Å². The van der Waals surface area contributed by atoms with Crippen molar-refractivity contribution in [3.8, 4) is 12.3 Å². The molecule has 0 amide bonds. The van der Waals surface area contributed by atoms with Crippen LogP contribution in [0.3, 0.4) is 0 Å². The predicted molar refractivity (Wildman–Crippen MR) is 136 cm³/mol. The fraction of sp³-hybridized carbons (Fsp3) is 0.533. The topological polar surface area (TPSA) is 0 Å². The van der Waals surface area contributed by atoms with Crippen molar-refractivity contribution < 1.29 is 0 Å². The minimum Gasteiger partial charge on any atom is -0.115 e. The first-order valence-corrected chi connectivity index (χ1v) is 11.8. The Bertz CT molecular complexity index is 800. The molecule has 0 heteroatoms. The van der Waals surface area contributed by atoms with Gasteiger partial charge in [0.1, 0.15) is 0 Å². The van der Waals surface area contributed by atoms with Gasteiger partial charge >= 0.3 is 0 Å². The molecule has 0 aliphatic heterocycles. The van der Waals surface area contributed by atoms with E-state index in [4.69, 9.17) is 6.42 Å². The van der Waals surface area contributed by atoms with Crippen LogP contribution in [0.5, 0.6) is 0 Å². The Morgan fingerprint density at radius 3 is 1.50 bits per heavy atom. The van der Waals surface area contributed by atoms with Gasteiger partial charge in [-0.1, -0.05) is 98.9 Å². The molecule has 0 aliphatic carbocycles. The van der Waals surface area contributed by atoms with Gasteiger partial charge in [0, 0.05) is 5.56 Å². The third-order valence-electron chi connectivity index (χ3n) is 5.47. The largest absolute Gasteiger partial charge is 0.115 e. The summed E-state index contributed by atoms with van der Waals surface area (Å²) in [6.07, 6.45) is 11.3. The highest BCUT2D eigenvalue weighted by atomic mass is 14.2. The minimum atomic E-state index is 0.159. The first-order valence-electron chi connectivity index (χ1n) is 11.8. The maximum absolute atomic E-state index is 5.71. The molecular weight excluding hydrogens is 360 g/mol. The number of terminal acetylenes is 1. The molecule has 0 bridgehead atoms. The zero-order valence-corrected chi connectivity index (χ0v) is 21.1. The van der Waals surface area contributed by atoms with Crippen molar-refractivity contribution in [3.63, 3.8) is 0 Å². The van der Waals surface area contributed by atoms with Gasteiger partial charge in [0.2, 0.25) is 0 Å². The van der Waals surface area contributed by atoms with Gasteiger partial charge in [-0.15, -0.1) is 6.42 Å². The maximum Gasteiger partial charge on any atom is 0.0248 e. The van der Waals surface area contributed by atoms with Gasteiger partial charge < -0.3 is 0 Å². The van der Waals surface area contributed by atoms with Crippen LogP contribution < -0.4 is 0 Å². The fourth-order valence-electron chi connectivity index (χ4n) is 3.51. The monoisotopic (exact) mass is 404 g/mol. The highest BCUT2D eigenvalue weighted by Crippen LogP contribution is 2.30. The molecule has 2 aromatic carbocycles. The van der Waals surface area contributed by atoms with E-state index < -0.39 is 0 Å². The summed E-state index contributed by atoms with van der Waals surface area (Å²) in [5, 5.41) is 0. The van der Waals surface area contributed by atoms with E-state index in [0.717, 1.165) is 24.8 Å². The van der Waals surface area contributed by atoms with E-state index in [9.17, 15) is 0 Å². The molecule has 0 radical (unpaired) electrons. The van der Waals surface area contributed by atoms with Crippen molar-refractivity contribution in [1.82, 2.24) is 0 Å². The molecule has 0 saturated carbocycles. The second-order valence-corrected chi connectivity index (χ2v) is 10.2. The summed E-state index contributed by atoms with van der Waals surface area (Å²) in [5.74, 6) is 2.84. The SMILES string of the molecule is C#Cc1cc(CCCC)cc(CCc2cc(C(C)(C)C)cc(C(C)(C)C)c2)c1.CC. The first kappa shape index (κ1) is 26.0. The maximum atomic E-state index is 5.71. The Balaban J connectivity index is 0.00000218. The zero-order chi connectivity index (χ0) is 22.9. The van der Waals surface area contributed by atoms with Gasteiger partial charge in [0.15, 0.2) is 0 Å². The van der Waals surface area contributed by atoms with E-state index >= 15 is 0 Å². The highest BCUT2D eigenvalue weighted by molar-refractivity contribution is 5.41. The number of hydrogen-bond acceptors (Lipinski definition) is 0. The van der Waals surface area contributed by atoms with E-state index in [-0.39, 0.29) is 10.8 Å². The van der Waals surface area contributed by atoms with Crippen LogP contribution in [-0.2, 0) is 30.1 Å². The predicted octanol–water partition coefficient (Wildman–Crippen LogP) is 8.42. The number of unbranched alkanes of at least 4 members (excludes halogenated alkanes) is 1. The van der Waals surface area contributed by atoms with Gasteiger partial charge in [0.05, 0.1) is 0 Å². The quantitative estimate of drug-likeness (QED) is 0.424. The van der Waals surface area contributed by atoms with Gasteiger partial charge in [0.25, 0.3) is 0 Å². The van der Waals surface area contributed by atoms with Gasteiger partial charge in [-0.2, -0.15) is 0 Å². The summed E-state index contributed by atoms with van der Waals surface area (Å²) >= 11 is 0. The average molecular weight is 405 g/mol. The lowest BCUT2D eigenvalue weighted by Gasteiger charge is -2.26. The molecule has 2 aromatic rings. The van der Waals surface area contributed by atoms with E-state index in [0.29, 0.717) is 0 Å². The van der Waals surface area contributed by atoms with Crippen LogP contribution in [0.2, 0.25) is 0 Å². The third kappa shape index (κ3) is 8.02. The van der Waals surface area contributed by atoms with Gasteiger partial charge in [-0.25, -0.2) is 0 Å². The van der Waals surface area contributed by atoms with Crippen LogP contribution in [0, 0.1) is 12.3 Å². The Labute approximate surface area is 187 Å². The molecule has 2 rings (SSSR count). The molecule has 0 saturated heterocycles. The summed E-state index contributed by atoms with van der Waals surface area (Å²) in [6.45, 7) is 20.0. The smallest absolute Gasteiger partial charge is 0.0248 e. The summed E-state index contributed by atoms with van der Waals surface area (Å²) in [4.78, 5) is 0. The van der Waals surface area contributed by atoms with Crippen molar-refractivity contribution in [2.24, 2.45) is 0 Å². The van der Waals surface area contributed by atoms with Crippen molar-refractivity contribution >= 4 is 0 Å². The van der Waals surface area contributed by atoms with Gasteiger partial charge in [-0.3, -0.25) is 0 Å². The molecule has 0 nitrogen and oxygen atoms in total. The molecule has 0 aromatic heterocycles.